The quantitative estimate of drug-likeness (QED) is 0.168. The molecule has 0 amide bonds. The Kier molecular flexibility index (Phi) is 16.1. The topological polar surface area (TPSA) is 52.6 Å². The summed E-state index contributed by atoms with van der Waals surface area (Å²) in [7, 11) is 0. The third-order valence-corrected chi connectivity index (χ3v) is 5.45. The Hall–Kier alpha value is -1.52. The minimum atomic E-state index is 0.364. The fraction of sp³-hybridized carbons (Fsp3) is 0.692. The van der Waals surface area contributed by atoms with Crippen molar-refractivity contribution >= 4 is 12.6 Å². The summed E-state index contributed by atoms with van der Waals surface area (Å²) in [6.45, 7) is 6.53. The van der Waals surface area contributed by atoms with E-state index in [2.05, 4.69) is 13.8 Å². The lowest BCUT2D eigenvalue weighted by molar-refractivity contribution is 0.106. The van der Waals surface area contributed by atoms with Crippen molar-refractivity contribution in [2.45, 2.75) is 104 Å². The summed E-state index contributed by atoms with van der Waals surface area (Å²) < 4.78 is 11.5. The summed E-state index contributed by atoms with van der Waals surface area (Å²) in [5, 5.41) is 0. The van der Waals surface area contributed by atoms with Crippen molar-refractivity contribution in [1.29, 1.82) is 0 Å². The molecule has 0 aliphatic rings. The second-order valence-electron chi connectivity index (χ2n) is 8.13. The average Bonchev–Trinajstić information content (AvgIpc) is 2.77. The van der Waals surface area contributed by atoms with Gasteiger partial charge >= 0.3 is 0 Å². The molecule has 0 fully saturated rings. The Morgan fingerprint density at radius 1 is 0.600 bits per heavy atom. The molecule has 0 heterocycles. The highest BCUT2D eigenvalue weighted by Crippen LogP contribution is 2.18. The van der Waals surface area contributed by atoms with E-state index in [0.29, 0.717) is 37.6 Å². The van der Waals surface area contributed by atoms with Crippen LogP contribution in [0.1, 0.15) is 123 Å². The molecule has 0 atom stereocenters. The Morgan fingerprint density at radius 2 is 0.967 bits per heavy atom. The zero-order chi connectivity index (χ0) is 21.9. The SMILES string of the molecule is CCCCCCCCOCc1cc(C=O)c(COCCCCCCCC)cc1C=O. The summed E-state index contributed by atoms with van der Waals surface area (Å²) in [5.41, 5.74) is 2.72. The van der Waals surface area contributed by atoms with Crippen molar-refractivity contribution in [3.05, 3.63) is 34.4 Å². The van der Waals surface area contributed by atoms with Crippen molar-refractivity contribution in [3.8, 4) is 0 Å². The first-order valence-corrected chi connectivity index (χ1v) is 12.0. The van der Waals surface area contributed by atoms with E-state index in [-0.39, 0.29) is 0 Å². The van der Waals surface area contributed by atoms with Crippen LogP contribution in [-0.4, -0.2) is 25.8 Å². The largest absolute Gasteiger partial charge is 0.377 e. The minimum Gasteiger partial charge on any atom is -0.377 e. The number of unbranched alkanes of at least 4 members (excludes halogenated alkanes) is 10. The molecule has 0 radical (unpaired) electrons. The zero-order valence-electron chi connectivity index (χ0n) is 19.3. The Balaban J connectivity index is 2.41. The number of hydrogen-bond acceptors (Lipinski definition) is 4. The first-order valence-electron chi connectivity index (χ1n) is 12.0. The lowest BCUT2D eigenvalue weighted by Crippen LogP contribution is -2.05. The number of rotatable bonds is 20. The van der Waals surface area contributed by atoms with E-state index in [0.717, 1.165) is 36.5 Å². The van der Waals surface area contributed by atoms with Crippen LogP contribution in [0, 0.1) is 0 Å². The maximum absolute atomic E-state index is 11.5. The van der Waals surface area contributed by atoms with Crippen LogP contribution in [0.5, 0.6) is 0 Å². The molecule has 0 aromatic heterocycles. The number of carbonyl (C=O) groups is 2. The maximum Gasteiger partial charge on any atom is 0.150 e. The van der Waals surface area contributed by atoms with Crippen LogP contribution in [0.15, 0.2) is 12.1 Å². The van der Waals surface area contributed by atoms with Crippen molar-refractivity contribution in [2.75, 3.05) is 13.2 Å². The number of hydrogen-bond donors (Lipinski definition) is 0. The lowest BCUT2D eigenvalue weighted by Gasteiger charge is -2.12. The van der Waals surface area contributed by atoms with Gasteiger partial charge in [-0.15, -0.1) is 0 Å². The molecule has 1 rings (SSSR count). The molecule has 0 spiro atoms. The summed E-state index contributed by atoms with van der Waals surface area (Å²) >= 11 is 0. The van der Waals surface area contributed by atoms with Gasteiger partial charge in [-0.1, -0.05) is 78.1 Å². The van der Waals surface area contributed by atoms with Crippen LogP contribution in [-0.2, 0) is 22.7 Å². The highest BCUT2D eigenvalue weighted by Gasteiger charge is 2.10. The van der Waals surface area contributed by atoms with Gasteiger partial charge in [0.05, 0.1) is 13.2 Å². The minimum absolute atomic E-state index is 0.364. The molecule has 1 aromatic carbocycles. The molecular weight excluding hydrogens is 376 g/mol. The monoisotopic (exact) mass is 418 g/mol. The van der Waals surface area contributed by atoms with E-state index in [4.69, 9.17) is 9.47 Å². The van der Waals surface area contributed by atoms with Crippen LogP contribution in [0.4, 0.5) is 0 Å². The van der Waals surface area contributed by atoms with Gasteiger partial charge in [0.1, 0.15) is 12.6 Å². The Labute approximate surface area is 183 Å². The van der Waals surface area contributed by atoms with Gasteiger partial charge in [-0.2, -0.15) is 0 Å². The second kappa shape index (κ2) is 18.3. The number of ether oxygens (including phenoxy) is 2. The molecule has 170 valence electrons. The molecule has 0 saturated heterocycles. The van der Waals surface area contributed by atoms with E-state index < -0.39 is 0 Å². The molecule has 30 heavy (non-hydrogen) atoms. The fourth-order valence-electron chi connectivity index (χ4n) is 3.53. The van der Waals surface area contributed by atoms with Gasteiger partial charge in [0, 0.05) is 24.3 Å². The van der Waals surface area contributed by atoms with E-state index in [9.17, 15) is 9.59 Å². The normalized spacial score (nSPS) is 11.0. The van der Waals surface area contributed by atoms with Crippen molar-refractivity contribution < 1.29 is 19.1 Å². The van der Waals surface area contributed by atoms with E-state index in [1.54, 1.807) is 12.1 Å². The maximum atomic E-state index is 11.5. The molecule has 0 aliphatic carbocycles. The lowest BCUT2D eigenvalue weighted by atomic mass is 10.00. The molecular formula is C26H42O4. The van der Waals surface area contributed by atoms with Crippen LogP contribution in [0.2, 0.25) is 0 Å². The Morgan fingerprint density at radius 3 is 1.33 bits per heavy atom. The molecule has 0 aliphatic heterocycles. The van der Waals surface area contributed by atoms with Gasteiger partial charge in [-0.25, -0.2) is 0 Å². The molecule has 0 unspecified atom stereocenters. The predicted octanol–water partition coefficient (Wildman–Crippen LogP) is 7.07. The van der Waals surface area contributed by atoms with Gasteiger partial charge in [0.25, 0.3) is 0 Å². The van der Waals surface area contributed by atoms with Gasteiger partial charge in [0.2, 0.25) is 0 Å². The molecule has 0 saturated carbocycles. The highest BCUT2D eigenvalue weighted by molar-refractivity contribution is 5.83. The van der Waals surface area contributed by atoms with Crippen molar-refractivity contribution in [3.63, 3.8) is 0 Å². The fourth-order valence-corrected chi connectivity index (χ4v) is 3.53. The zero-order valence-corrected chi connectivity index (χ0v) is 19.3. The standard InChI is InChI=1S/C26H42O4/c1-3-5-7-9-11-13-15-29-21-25-17-24(20-28)26(18-23(25)19-27)22-30-16-14-12-10-8-6-4-2/h17-20H,3-16,21-22H2,1-2H3. The van der Waals surface area contributed by atoms with Gasteiger partial charge in [-0.3, -0.25) is 9.59 Å². The number of aldehydes is 2. The highest BCUT2D eigenvalue weighted by atomic mass is 16.5. The number of carbonyl (C=O) groups excluding carboxylic acids is 2. The Bertz CT molecular complexity index is 531. The summed E-state index contributed by atoms with van der Waals surface area (Å²) in [4.78, 5) is 23.1. The van der Waals surface area contributed by atoms with Crippen molar-refractivity contribution in [1.82, 2.24) is 0 Å². The van der Waals surface area contributed by atoms with Crippen LogP contribution < -0.4 is 0 Å². The predicted molar refractivity (Wildman–Crippen MR) is 123 cm³/mol. The number of benzene rings is 1. The van der Waals surface area contributed by atoms with E-state index >= 15 is 0 Å². The van der Waals surface area contributed by atoms with Gasteiger partial charge in [0.15, 0.2) is 0 Å². The van der Waals surface area contributed by atoms with Crippen LogP contribution in [0.25, 0.3) is 0 Å². The molecule has 0 N–H and O–H groups in total. The van der Waals surface area contributed by atoms with E-state index in [1.165, 1.54) is 64.2 Å². The van der Waals surface area contributed by atoms with Crippen LogP contribution >= 0.6 is 0 Å². The molecule has 1 aromatic rings. The van der Waals surface area contributed by atoms with Gasteiger partial charge in [-0.05, 0) is 36.1 Å². The van der Waals surface area contributed by atoms with E-state index in [1.807, 2.05) is 0 Å². The van der Waals surface area contributed by atoms with Crippen LogP contribution in [0.3, 0.4) is 0 Å². The molecule has 4 heteroatoms. The molecule has 0 bridgehead atoms. The second-order valence-corrected chi connectivity index (χ2v) is 8.13. The van der Waals surface area contributed by atoms with Crippen molar-refractivity contribution in [2.24, 2.45) is 0 Å². The summed E-state index contributed by atoms with van der Waals surface area (Å²) in [5.74, 6) is 0. The summed E-state index contributed by atoms with van der Waals surface area (Å²) in [6.07, 6.45) is 16.3. The molecule has 4 nitrogen and oxygen atoms in total. The first kappa shape index (κ1) is 26.5. The average molecular weight is 419 g/mol. The third kappa shape index (κ3) is 11.6. The first-order chi connectivity index (χ1) is 14.8. The van der Waals surface area contributed by atoms with Gasteiger partial charge < -0.3 is 9.47 Å². The summed E-state index contributed by atoms with van der Waals surface area (Å²) in [6, 6.07) is 3.56. The third-order valence-electron chi connectivity index (χ3n) is 5.45. The smallest absolute Gasteiger partial charge is 0.150 e.